The molecule has 0 atom stereocenters. The minimum absolute atomic E-state index is 0.0808. The molecule has 0 aliphatic rings. The van der Waals surface area contributed by atoms with Crippen LogP contribution in [0.2, 0.25) is 0 Å². The number of azo groups is 2. The Kier molecular flexibility index (Phi) is 7.91. The van der Waals surface area contributed by atoms with Crippen molar-refractivity contribution in [1.29, 1.82) is 0 Å². The Balaban J connectivity index is 2.11. The van der Waals surface area contributed by atoms with Crippen molar-refractivity contribution in [3.05, 3.63) is 60.7 Å². The van der Waals surface area contributed by atoms with E-state index < -0.39 is 71.4 Å². The number of nitrogens with zero attached hydrogens (tertiary/aromatic N) is 4. The number of hydrogen-bond donors (Lipinski definition) is 0. The molecule has 0 fully saturated rings. The van der Waals surface area contributed by atoms with Crippen LogP contribution >= 0.6 is 0 Å². The van der Waals surface area contributed by atoms with Gasteiger partial charge in [-0.1, -0.05) is 0 Å². The van der Waals surface area contributed by atoms with Crippen molar-refractivity contribution in [3.63, 3.8) is 0 Å². The fourth-order valence-corrected chi connectivity index (χ4v) is 5.00. The van der Waals surface area contributed by atoms with Crippen LogP contribution in [0.5, 0.6) is 0 Å². The summed E-state index contributed by atoms with van der Waals surface area (Å²) in [6.45, 7) is 0. The third kappa shape index (κ3) is 7.29. The lowest BCUT2D eigenvalue weighted by molar-refractivity contribution is 0.458. The predicted molar refractivity (Wildman–Crippen MR) is 120 cm³/mol. The van der Waals surface area contributed by atoms with Crippen LogP contribution in [0.4, 0.5) is 22.7 Å². The van der Waals surface area contributed by atoms with Crippen LogP contribution in [0.3, 0.4) is 0 Å². The minimum Gasteiger partial charge on any atom is -0.744 e. The first kappa shape index (κ1) is 29.1. The van der Waals surface area contributed by atoms with Gasteiger partial charge in [0.05, 0.1) is 36.6 Å². The summed E-state index contributed by atoms with van der Waals surface area (Å²) in [5.74, 6) is 0. The molecular formula is C18H10N4O12S4-4. The average Bonchev–Trinajstić information content (AvgIpc) is 2.79. The van der Waals surface area contributed by atoms with E-state index >= 15 is 0 Å². The molecule has 0 radical (unpaired) electrons. The average molecular weight is 603 g/mol. The Labute approximate surface area is 215 Å². The topological polar surface area (TPSA) is 278 Å². The lowest BCUT2D eigenvalue weighted by Gasteiger charge is -2.16. The van der Waals surface area contributed by atoms with Crippen LogP contribution < -0.4 is 0 Å². The van der Waals surface area contributed by atoms with Gasteiger partial charge in [-0.15, -0.1) is 5.11 Å². The summed E-state index contributed by atoms with van der Waals surface area (Å²) in [5.41, 5.74) is -2.08. The lowest BCUT2D eigenvalue weighted by atomic mass is 10.3. The van der Waals surface area contributed by atoms with E-state index in [1.165, 1.54) is 0 Å². The highest BCUT2D eigenvalue weighted by Crippen LogP contribution is 2.37. The lowest BCUT2D eigenvalue weighted by Crippen LogP contribution is -2.05. The van der Waals surface area contributed by atoms with Gasteiger partial charge in [0.15, 0.2) is 0 Å². The Bertz CT molecular complexity index is 1830. The van der Waals surface area contributed by atoms with Gasteiger partial charge in [-0.2, -0.15) is 15.3 Å². The first-order valence-electron chi connectivity index (χ1n) is 9.41. The molecular weight excluding hydrogens is 592 g/mol. The van der Waals surface area contributed by atoms with Crippen molar-refractivity contribution < 1.29 is 51.9 Å². The van der Waals surface area contributed by atoms with Crippen molar-refractivity contribution in [2.75, 3.05) is 0 Å². The standard InChI is InChI=1S/C18H14N4O12S4/c23-35(24,25)14-5-1-11(2-6-14)19-21-13-9-16(37(29,30)31)18(17(10-13)38(32,33)34)22-20-12-3-7-15(8-4-12)36(26,27)28/h1-10H,(H,23,24,25)(H,26,27,28)(H,29,30,31)(H,32,33,34)/p-4. The van der Waals surface area contributed by atoms with E-state index in [0.717, 1.165) is 48.5 Å². The molecule has 0 N–H and O–H groups in total. The fraction of sp³-hybridized carbons (Fsp3) is 0. The molecule has 16 nitrogen and oxygen atoms in total. The summed E-state index contributed by atoms with van der Waals surface area (Å²) in [5, 5.41) is 14.0. The number of benzene rings is 3. The van der Waals surface area contributed by atoms with Gasteiger partial charge in [0.1, 0.15) is 46.2 Å². The summed E-state index contributed by atoms with van der Waals surface area (Å²) in [6.07, 6.45) is 0. The van der Waals surface area contributed by atoms with E-state index in [1.807, 2.05) is 0 Å². The molecule has 20 heteroatoms. The van der Waals surface area contributed by atoms with Crippen molar-refractivity contribution in [1.82, 2.24) is 0 Å². The highest BCUT2D eigenvalue weighted by atomic mass is 32.2. The van der Waals surface area contributed by atoms with Crippen LogP contribution in [0.1, 0.15) is 0 Å². The van der Waals surface area contributed by atoms with Gasteiger partial charge in [-0.3, -0.25) is 0 Å². The second-order valence-corrected chi connectivity index (χ2v) is 12.5. The van der Waals surface area contributed by atoms with E-state index in [2.05, 4.69) is 20.5 Å². The maximum absolute atomic E-state index is 11.8. The summed E-state index contributed by atoms with van der Waals surface area (Å²) < 4.78 is 137. The molecule has 3 rings (SSSR count). The van der Waals surface area contributed by atoms with E-state index in [0.29, 0.717) is 12.1 Å². The van der Waals surface area contributed by atoms with Crippen molar-refractivity contribution in [2.24, 2.45) is 20.5 Å². The Morgan fingerprint density at radius 3 is 1.05 bits per heavy atom. The van der Waals surface area contributed by atoms with Gasteiger partial charge in [0.2, 0.25) is 0 Å². The number of hydrogen-bond acceptors (Lipinski definition) is 16. The van der Waals surface area contributed by atoms with Gasteiger partial charge in [0.25, 0.3) is 0 Å². The molecule has 38 heavy (non-hydrogen) atoms. The zero-order chi connectivity index (χ0) is 28.5. The molecule has 0 spiro atoms. The van der Waals surface area contributed by atoms with Crippen molar-refractivity contribution in [3.8, 4) is 0 Å². The van der Waals surface area contributed by atoms with Crippen molar-refractivity contribution in [2.45, 2.75) is 19.6 Å². The molecule has 0 bridgehead atoms. The van der Waals surface area contributed by atoms with E-state index in [1.54, 1.807) is 0 Å². The van der Waals surface area contributed by atoms with Gasteiger partial charge < -0.3 is 18.2 Å². The Morgan fingerprint density at radius 2 is 0.737 bits per heavy atom. The first-order chi connectivity index (χ1) is 17.4. The fourth-order valence-electron chi connectivity index (χ4n) is 2.69. The Hall–Kier alpha value is -3.50. The molecule has 3 aromatic carbocycles. The van der Waals surface area contributed by atoms with E-state index in [4.69, 9.17) is 0 Å². The smallest absolute Gasteiger partial charge is 0.126 e. The minimum atomic E-state index is -5.50. The SMILES string of the molecule is O=S(=O)([O-])c1ccc(N=Nc2cc(S(=O)(=O)[O-])c(N=Nc3ccc(S(=O)(=O)[O-])cc3)c(S(=O)(=O)[O-])c2)cc1. The summed E-state index contributed by atoms with van der Waals surface area (Å²) in [4.78, 5) is -3.87. The maximum Gasteiger partial charge on any atom is 0.126 e. The van der Waals surface area contributed by atoms with E-state index in [-0.39, 0.29) is 11.4 Å². The van der Waals surface area contributed by atoms with Crippen LogP contribution in [-0.4, -0.2) is 51.9 Å². The van der Waals surface area contributed by atoms with Gasteiger partial charge in [-0.05, 0) is 60.7 Å². The monoisotopic (exact) mass is 602 g/mol. The van der Waals surface area contributed by atoms with Crippen LogP contribution in [-0.2, 0) is 40.5 Å². The molecule has 0 heterocycles. The van der Waals surface area contributed by atoms with Crippen LogP contribution in [0.15, 0.2) is 101 Å². The predicted octanol–water partition coefficient (Wildman–Crippen LogP) is 2.13. The molecule has 3 aromatic rings. The molecule has 202 valence electrons. The molecule has 0 aromatic heterocycles. The van der Waals surface area contributed by atoms with Crippen LogP contribution in [0, 0.1) is 0 Å². The highest BCUT2D eigenvalue weighted by molar-refractivity contribution is 7.87. The van der Waals surface area contributed by atoms with Gasteiger partial charge >= 0.3 is 0 Å². The third-order valence-electron chi connectivity index (χ3n) is 4.36. The molecule has 0 aliphatic carbocycles. The summed E-state index contributed by atoms with van der Waals surface area (Å²) in [7, 11) is -20.6. The quantitative estimate of drug-likeness (QED) is 0.265. The first-order valence-corrected chi connectivity index (χ1v) is 15.0. The zero-order valence-corrected chi connectivity index (χ0v) is 21.4. The van der Waals surface area contributed by atoms with Gasteiger partial charge in [0, 0.05) is 0 Å². The second kappa shape index (κ2) is 10.3. The Morgan fingerprint density at radius 1 is 0.421 bits per heavy atom. The summed E-state index contributed by atoms with van der Waals surface area (Å²) >= 11 is 0. The maximum atomic E-state index is 11.8. The van der Waals surface area contributed by atoms with E-state index in [9.17, 15) is 51.9 Å². The molecule has 0 aliphatic heterocycles. The van der Waals surface area contributed by atoms with Gasteiger partial charge in [-0.25, -0.2) is 33.7 Å². The third-order valence-corrected chi connectivity index (χ3v) is 7.76. The number of rotatable bonds is 8. The molecule has 0 saturated heterocycles. The van der Waals surface area contributed by atoms with Crippen molar-refractivity contribution >= 4 is 63.2 Å². The largest absolute Gasteiger partial charge is 0.744 e. The molecule has 0 saturated carbocycles. The highest BCUT2D eigenvalue weighted by Gasteiger charge is 2.20. The van der Waals surface area contributed by atoms with Crippen LogP contribution in [0.25, 0.3) is 0 Å². The summed E-state index contributed by atoms with van der Waals surface area (Å²) in [6, 6.07) is 8.50. The molecule has 0 amide bonds. The zero-order valence-electron chi connectivity index (χ0n) is 18.1. The molecule has 0 unspecified atom stereocenters. The normalized spacial score (nSPS) is 13.4. The second-order valence-electron chi connectivity index (χ2n) is 6.99.